The Morgan fingerprint density at radius 2 is 2.27 bits per heavy atom. The first-order chi connectivity index (χ1) is 7.13. The van der Waals surface area contributed by atoms with E-state index in [0.717, 1.165) is 32.4 Å². The van der Waals surface area contributed by atoms with Gasteiger partial charge in [0, 0.05) is 18.8 Å². The van der Waals surface area contributed by atoms with E-state index in [1.54, 1.807) is 0 Å². The molecule has 2 unspecified atom stereocenters. The van der Waals surface area contributed by atoms with Gasteiger partial charge in [-0.15, -0.1) is 0 Å². The summed E-state index contributed by atoms with van der Waals surface area (Å²) in [6.45, 7) is 8.56. The maximum Gasteiger partial charge on any atom is 0.0615 e. The predicted octanol–water partition coefficient (Wildman–Crippen LogP) is 1.55. The maximum absolute atomic E-state index is 9.15. The van der Waals surface area contributed by atoms with Crippen LogP contribution in [0.3, 0.4) is 0 Å². The molecule has 90 valence electrons. The number of aliphatic hydroxyl groups is 1. The van der Waals surface area contributed by atoms with E-state index in [1.165, 1.54) is 0 Å². The summed E-state index contributed by atoms with van der Waals surface area (Å²) in [5.74, 6) is 0.557. The fourth-order valence-corrected chi connectivity index (χ4v) is 2.44. The van der Waals surface area contributed by atoms with Gasteiger partial charge in [-0.05, 0) is 31.7 Å². The summed E-state index contributed by atoms with van der Waals surface area (Å²) in [5.41, 5.74) is 0.108. The number of hydrogen-bond donors (Lipinski definition) is 2. The Kier molecular flexibility index (Phi) is 5.03. The molecule has 0 amide bonds. The Hall–Kier alpha value is -0.120. The van der Waals surface area contributed by atoms with Crippen LogP contribution < -0.4 is 5.32 Å². The Morgan fingerprint density at radius 3 is 2.80 bits per heavy atom. The molecule has 1 aliphatic heterocycles. The van der Waals surface area contributed by atoms with Crippen LogP contribution >= 0.6 is 0 Å². The number of nitrogens with one attached hydrogen (secondary N) is 1. The predicted molar refractivity (Wildman–Crippen MR) is 61.9 cm³/mol. The number of rotatable bonds is 5. The third kappa shape index (κ3) is 3.44. The molecule has 0 aromatic carbocycles. The van der Waals surface area contributed by atoms with E-state index in [1.807, 2.05) is 0 Å². The summed E-state index contributed by atoms with van der Waals surface area (Å²) >= 11 is 0. The minimum Gasteiger partial charge on any atom is -0.396 e. The van der Waals surface area contributed by atoms with Crippen molar-refractivity contribution in [2.75, 3.05) is 19.8 Å². The molecule has 0 spiro atoms. The lowest BCUT2D eigenvalue weighted by molar-refractivity contribution is -0.0561. The molecule has 3 nitrogen and oxygen atoms in total. The molecular weight excluding hydrogens is 190 g/mol. The van der Waals surface area contributed by atoms with E-state index < -0.39 is 0 Å². The van der Waals surface area contributed by atoms with Crippen molar-refractivity contribution in [3.05, 3.63) is 0 Å². The quantitative estimate of drug-likeness (QED) is 0.731. The van der Waals surface area contributed by atoms with Crippen LogP contribution in [0.5, 0.6) is 0 Å². The van der Waals surface area contributed by atoms with E-state index >= 15 is 0 Å². The van der Waals surface area contributed by atoms with Crippen molar-refractivity contribution in [1.82, 2.24) is 5.32 Å². The van der Waals surface area contributed by atoms with Crippen LogP contribution in [0.2, 0.25) is 0 Å². The molecule has 1 rings (SSSR count). The molecule has 2 N–H and O–H groups in total. The largest absolute Gasteiger partial charge is 0.396 e. The third-order valence-corrected chi connectivity index (χ3v) is 3.39. The van der Waals surface area contributed by atoms with Gasteiger partial charge in [0.1, 0.15) is 0 Å². The molecule has 0 aromatic heterocycles. The van der Waals surface area contributed by atoms with Crippen molar-refractivity contribution in [3.8, 4) is 0 Å². The summed E-state index contributed by atoms with van der Waals surface area (Å²) in [4.78, 5) is 0. The average Bonchev–Trinajstić information content (AvgIpc) is 2.18. The van der Waals surface area contributed by atoms with E-state index in [9.17, 15) is 0 Å². The standard InChI is InChI=1S/C12H25NO2/c1-4-13-12(5-7-14)6-8-15-11(9-12)10(2)3/h10-11,13-14H,4-9H2,1-3H3. The fourth-order valence-electron chi connectivity index (χ4n) is 2.44. The van der Waals surface area contributed by atoms with Gasteiger partial charge in [-0.25, -0.2) is 0 Å². The second-order valence-corrected chi connectivity index (χ2v) is 4.89. The van der Waals surface area contributed by atoms with Gasteiger partial charge in [-0.3, -0.25) is 0 Å². The minimum atomic E-state index is 0.108. The average molecular weight is 215 g/mol. The monoisotopic (exact) mass is 215 g/mol. The highest BCUT2D eigenvalue weighted by molar-refractivity contribution is 4.93. The van der Waals surface area contributed by atoms with E-state index in [2.05, 4.69) is 26.1 Å². The lowest BCUT2D eigenvalue weighted by Gasteiger charge is -2.42. The Morgan fingerprint density at radius 1 is 1.53 bits per heavy atom. The first kappa shape index (κ1) is 12.9. The van der Waals surface area contributed by atoms with Crippen LogP contribution in [-0.4, -0.2) is 36.5 Å². The van der Waals surface area contributed by atoms with Crippen LogP contribution in [0.15, 0.2) is 0 Å². The maximum atomic E-state index is 9.15. The third-order valence-electron chi connectivity index (χ3n) is 3.39. The van der Waals surface area contributed by atoms with Gasteiger partial charge in [0.15, 0.2) is 0 Å². The van der Waals surface area contributed by atoms with Crippen molar-refractivity contribution in [2.24, 2.45) is 5.92 Å². The molecule has 1 saturated heterocycles. The van der Waals surface area contributed by atoms with Gasteiger partial charge in [-0.2, -0.15) is 0 Å². The molecule has 0 saturated carbocycles. The van der Waals surface area contributed by atoms with Crippen molar-refractivity contribution >= 4 is 0 Å². The summed E-state index contributed by atoms with van der Waals surface area (Å²) in [6.07, 6.45) is 3.22. The van der Waals surface area contributed by atoms with Gasteiger partial charge in [0.2, 0.25) is 0 Å². The highest BCUT2D eigenvalue weighted by atomic mass is 16.5. The SMILES string of the molecule is CCNC1(CCO)CCOC(C(C)C)C1. The molecule has 0 aromatic rings. The molecule has 0 radical (unpaired) electrons. The van der Waals surface area contributed by atoms with Crippen LogP contribution in [0.25, 0.3) is 0 Å². The molecule has 0 bridgehead atoms. The summed E-state index contributed by atoms with van der Waals surface area (Å²) in [5, 5.41) is 12.7. The van der Waals surface area contributed by atoms with E-state index in [-0.39, 0.29) is 12.1 Å². The Bertz CT molecular complexity index is 171. The number of aliphatic hydroxyl groups excluding tert-OH is 1. The van der Waals surface area contributed by atoms with Crippen LogP contribution in [0, 0.1) is 5.92 Å². The van der Waals surface area contributed by atoms with Crippen molar-refractivity contribution < 1.29 is 9.84 Å². The van der Waals surface area contributed by atoms with Crippen molar-refractivity contribution in [3.63, 3.8) is 0 Å². The molecule has 15 heavy (non-hydrogen) atoms. The molecule has 1 fully saturated rings. The topological polar surface area (TPSA) is 41.5 Å². The van der Waals surface area contributed by atoms with Crippen LogP contribution in [0.4, 0.5) is 0 Å². The zero-order chi connectivity index (χ0) is 11.3. The van der Waals surface area contributed by atoms with Gasteiger partial charge in [0.25, 0.3) is 0 Å². The number of hydrogen-bond acceptors (Lipinski definition) is 3. The van der Waals surface area contributed by atoms with Crippen molar-refractivity contribution in [2.45, 2.75) is 51.7 Å². The Balaban J connectivity index is 2.61. The van der Waals surface area contributed by atoms with Gasteiger partial charge in [0.05, 0.1) is 6.10 Å². The number of ether oxygens (including phenoxy) is 1. The van der Waals surface area contributed by atoms with Gasteiger partial charge >= 0.3 is 0 Å². The highest BCUT2D eigenvalue weighted by Crippen LogP contribution is 2.30. The fraction of sp³-hybridized carbons (Fsp3) is 1.00. The molecular formula is C12H25NO2. The van der Waals surface area contributed by atoms with Crippen LogP contribution in [-0.2, 0) is 4.74 Å². The lowest BCUT2D eigenvalue weighted by Crippen LogP contribution is -2.53. The van der Waals surface area contributed by atoms with E-state index in [0.29, 0.717) is 12.0 Å². The van der Waals surface area contributed by atoms with Gasteiger partial charge in [-0.1, -0.05) is 20.8 Å². The summed E-state index contributed by atoms with van der Waals surface area (Å²) in [6, 6.07) is 0. The zero-order valence-electron chi connectivity index (χ0n) is 10.3. The first-order valence-corrected chi connectivity index (χ1v) is 6.11. The minimum absolute atomic E-state index is 0.108. The van der Waals surface area contributed by atoms with Crippen LogP contribution in [0.1, 0.15) is 40.0 Å². The molecule has 3 heteroatoms. The summed E-state index contributed by atoms with van der Waals surface area (Å²) in [7, 11) is 0. The second-order valence-electron chi connectivity index (χ2n) is 4.89. The molecule has 2 atom stereocenters. The van der Waals surface area contributed by atoms with E-state index in [4.69, 9.17) is 9.84 Å². The normalized spacial score (nSPS) is 32.2. The smallest absolute Gasteiger partial charge is 0.0615 e. The van der Waals surface area contributed by atoms with Gasteiger partial charge < -0.3 is 15.2 Å². The summed E-state index contributed by atoms with van der Waals surface area (Å²) < 4.78 is 5.77. The highest BCUT2D eigenvalue weighted by Gasteiger charge is 2.36. The molecule has 1 aliphatic rings. The zero-order valence-corrected chi connectivity index (χ0v) is 10.3. The molecule has 1 heterocycles. The van der Waals surface area contributed by atoms with Crippen molar-refractivity contribution in [1.29, 1.82) is 0 Å². The Labute approximate surface area is 93.2 Å². The first-order valence-electron chi connectivity index (χ1n) is 6.11. The molecule has 0 aliphatic carbocycles. The second kappa shape index (κ2) is 5.83. The lowest BCUT2D eigenvalue weighted by atomic mass is 9.81.